The normalized spacial score (nSPS) is 34.3. The quantitative estimate of drug-likeness (QED) is 0.639. The smallest absolute Gasteiger partial charge is 0.0594 e. The van der Waals surface area contributed by atoms with Crippen molar-refractivity contribution in [1.82, 2.24) is 4.90 Å². The van der Waals surface area contributed by atoms with Crippen molar-refractivity contribution in [2.24, 2.45) is 5.41 Å². The Hall–Kier alpha value is -0.0800. The summed E-state index contributed by atoms with van der Waals surface area (Å²) in [7, 11) is 0. The SMILES string of the molecule is CC1(C)CCCC(N2CCOCC2)C1. The van der Waals surface area contributed by atoms with Crippen LogP contribution >= 0.6 is 0 Å². The van der Waals surface area contributed by atoms with Crippen LogP contribution in [0, 0.1) is 5.41 Å². The van der Waals surface area contributed by atoms with Gasteiger partial charge in [-0.05, 0) is 24.7 Å². The zero-order valence-electron chi connectivity index (χ0n) is 9.59. The Morgan fingerprint density at radius 3 is 2.57 bits per heavy atom. The van der Waals surface area contributed by atoms with E-state index in [2.05, 4.69) is 18.7 Å². The van der Waals surface area contributed by atoms with Crippen LogP contribution in [0.2, 0.25) is 0 Å². The topological polar surface area (TPSA) is 12.5 Å². The molecule has 1 aliphatic heterocycles. The van der Waals surface area contributed by atoms with Gasteiger partial charge in [-0.2, -0.15) is 0 Å². The van der Waals surface area contributed by atoms with Crippen LogP contribution in [0.15, 0.2) is 0 Å². The van der Waals surface area contributed by atoms with E-state index in [1.807, 2.05) is 0 Å². The predicted molar refractivity (Wildman–Crippen MR) is 58.4 cm³/mol. The summed E-state index contributed by atoms with van der Waals surface area (Å²) in [6, 6.07) is 0.836. The van der Waals surface area contributed by atoms with Crippen LogP contribution < -0.4 is 0 Å². The summed E-state index contributed by atoms with van der Waals surface area (Å²) in [5, 5.41) is 0. The molecule has 1 unspecified atom stereocenters. The second-order valence-corrected chi connectivity index (χ2v) is 5.56. The van der Waals surface area contributed by atoms with Crippen molar-refractivity contribution in [3.05, 3.63) is 0 Å². The van der Waals surface area contributed by atoms with Crippen molar-refractivity contribution < 1.29 is 4.74 Å². The van der Waals surface area contributed by atoms with Gasteiger partial charge in [0.1, 0.15) is 0 Å². The molecule has 0 radical (unpaired) electrons. The van der Waals surface area contributed by atoms with E-state index in [0.717, 1.165) is 32.3 Å². The largest absolute Gasteiger partial charge is 0.379 e. The fraction of sp³-hybridized carbons (Fsp3) is 1.00. The van der Waals surface area contributed by atoms with Crippen LogP contribution in [-0.4, -0.2) is 37.2 Å². The van der Waals surface area contributed by atoms with Gasteiger partial charge in [-0.15, -0.1) is 0 Å². The van der Waals surface area contributed by atoms with E-state index in [4.69, 9.17) is 4.74 Å². The molecular weight excluding hydrogens is 174 g/mol. The second kappa shape index (κ2) is 4.19. The molecule has 1 atom stereocenters. The molecule has 1 heterocycles. The molecule has 82 valence electrons. The molecule has 14 heavy (non-hydrogen) atoms. The lowest BCUT2D eigenvalue weighted by molar-refractivity contribution is -0.00523. The average molecular weight is 197 g/mol. The molecule has 0 amide bonds. The summed E-state index contributed by atoms with van der Waals surface area (Å²) in [5.41, 5.74) is 0.571. The van der Waals surface area contributed by atoms with Gasteiger partial charge in [0.05, 0.1) is 13.2 Å². The van der Waals surface area contributed by atoms with Crippen molar-refractivity contribution in [2.75, 3.05) is 26.3 Å². The van der Waals surface area contributed by atoms with Gasteiger partial charge in [0.25, 0.3) is 0 Å². The lowest BCUT2D eigenvalue weighted by Gasteiger charge is -2.42. The number of ether oxygens (including phenoxy) is 1. The van der Waals surface area contributed by atoms with Crippen LogP contribution in [0.1, 0.15) is 39.5 Å². The first-order valence-electron chi connectivity index (χ1n) is 5.99. The van der Waals surface area contributed by atoms with Gasteiger partial charge in [0, 0.05) is 19.1 Å². The Morgan fingerprint density at radius 1 is 1.21 bits per heavy atom. The van der Waals surface area contributed by atoms with Gasteiger partial charge >= 0.3 is 0 Å². The van der Waals surface area contributed by atoms with Crippen LogP contribution in [-0.2, 0) is 4.74 Å². The van der Waals surface area contributed by atoms with E-state index in [-0.39, 0.29) is 0 Å². The van der Waals surface area contributed by atoms with Crippen molar-refractivity contribution >= 4 is 0 Å². The van der Waals surface area contributed by atoms with Gasteiger partial charge in [0.2, 0.25) is 0 Å². The standard InChI is InChI=1S/C12H23NO/c1-12(2)5-3-4-11(10-12)13-6-8-14-9-7-13/h11H,3-10H2,1-2H3. The molecule has 0 aromatic heterocycles. The third-order valence-electron chi connectivity index (χ3n) is 3.74. The molecule has 0 bridgehead atoms. The van der Waals surface area contributed by atoms with Crippen molar-refractivity contribution in [3.63, 3.8) is 0 Å². The molecule has 2 rings (SSSR count). The Kier molecular flexibility index (Phi) is 3.13. The van der Waals surface area contributed by atoms with E-state index in [9.17, 15) is 0 Å². The maximum absolute atomic E-state index is 5.40. The summed E-state index contributed by atoms with van der Waals surface area (Å²) >= 11 is 0. The molecule has 1 saturated carbocycles. The van der Waals surface area contributed by atoms with Crippen molar-refractivity contribution in [1.29, 1.82) is 0 Å². The predicted octanol–water partition coefficient (Wildman–Crippen LogP) is 2.29. The third kappa shape index (κ3) is 2.48. The van der Waals surface area contributed by atoms with E-state index < -0.39 is 0 Å². The zero-order chi connectivity index (χ0) is 10.0. The minimum absolute atomic E-state index is 0.571. The Labute approximate surface area is 87.6 Å². The molecule has 0 spiro atoms. The Morgan fingerprint density at radius 2 is 1.93 bits per heavy atom. The molecule has 1 aliphatic carbocycles. The molecular formula is C12H23NO. The molecule has 2 aliphatic rings. The lowest BCUT2D eigenvalue weighted by atomic mass is 9.74. The van der Waals surface area contributed by atoms with E-state index in [1.54, 1.807) is 0 Å². The number of hydrogen-bond acceptors (Lipinski definition) is 2. The number of morpholine rings is 1. The lowest BCUT2D eigenvalue weighted by Crippen LogP contribution is -2.46. The Bertz CT molecular complexity index is 185. The number of rotatable bonds is 1. The molecule has 0 aromatic rings. The molecule has 2 fully saturated rings. The second-order valence-electron chi connectivity index (χ2n) is 5.56. The molecule has 1 saturated heterocycles. The average Bonchev–Trinajstić information content (AvgIpc) is 2.18. The molecule has 2 nitrogen and oxygen atoms in total. The molecule has 2 heteroatoms. The minimum Gasteiger partial charge on any atom is -0.379 e. The maximum atomic E-state index is 5.40. The minimum atomic E-state index is 0.571. The zero-order valence-corrected chi connectivity index (χ0v) is 9.59. The first-order chi connectivity index (χ1) is 6.67. The number of nitrogens with zero attached hydrogens (tertiary/aromatic N) is 1. The van der Waals surface area contributed by atoms with Gasteiger partial charge in [-0.1, -0.05) is 20.3 Å². The fourth-order valence-electron chi connectivity index (χ4n) is 2.91. The van der Waals surface area contributed by atoms with Crippen LogP contribution in [0.4, 0.5) is 0 Å². The summed E-state index contributed by atoms with van der Waals surface area (Å²) < 4.78 is 5.40. The third-order valence-corrected chi connectivity index (χ3v) is 3.74. The van der Waals surface area contributed by atoms with Gasteiger partial charge in [-0.3, -0.25) is 4.90 Å². The summed E-state index contributed by atoms with van der Waals surface area (Å²) in [5.74, 6) is 0. The monoisotopic (exact) mass is 197 g/mol. The summed E-state index contributed by atoms with van der Waals surface area (Å²) in [4.78, 5) is 2.64. The van der Waals surface area contributed by atoms with E-state index in [1.165, 1.54) is 25.7 Å². The van der Waals surface area contributed by atoms with E-state index >= 15 is 0 Å². The first kappa shape index (κ1) is 10.4. The maximum Gasteiger partial charge on any atom is 0.0594 e. The summed E-state index contributed by atoms with van der Waals surface area (Å²) in [6.45, 7) is 9.02. The van der Waals surface area contributed by atoms with Gasteiger partial charge < -0.3 is 4.74 Å². The molecule has 0 N–H and O–H groups in total. The van der Waals surface area contributed by atoms with E-state index in [0.29, 0.717) is 5.41 Å². The first-order valence-corrected chi connectivity index (χ1v) is 5.99. The summed E-state index contributed by atoms with van der Waals surface area (Å²) in [6.07, 6.45) is 5.61. The van der Waals surface area contributed by atoms with Crippen molar-refractivity contribution in [3.8, 4) is 0 Å². The highest BCUT2D eigenvalue weighted by Crippen LogP contribution is 2.37. The highest BCUT2D eigenvalue weighted by atomic mass is 16.5. The van der Waals surface area contributed by atoms with Crippen LogP contribution in [0.5, 0.6) is 0 Å². The van der Waals surface area contributed by atoms with Crippen LogP contribution in [0.3, 0.4) is 0 Å². The Balaban J connectivity index is 1.89. The highest BCUT2D eigenvalue weighted by Gasteiger charge is 2.31. The fourth-order valence-corrected chi connectivity index (χ4v) is 2.91. The van der Waals surface area contributed by atoms with Gasteiger partial charge in [-0.25, -0.2) is 0 Å². The number of hydrogen-bond donors (Lipinski definition) is 0. The highest BCUT2D eigenvalue weighted by molar-refractivity contribution is 4.85. The van der Waals surface area contributed by atoms with Gasteiger partial charge in [0.15, 0.2) is 0 Å². The van der Waals surface area contributed by atoms with Crippen molar-refractivity contribution in [2.45, 2.75) is 45.6 Å². The van der Waals surface area contributed by atoms with Crippen LogP contribution in [0.25, 0.3) is 0 Å². The molecule has 0 aromatic carbocycles.